The van der Waals surface area contributed by atoms with E-state index in [1.54, 1.807) is 0 Å². The normalized spacial score (nSPS) is 10.9. The van der Waals surface area contributed by atoms with Gasteiger partial charge in [0.25, 0.3) is 0 Å². The Labute approximate surface area is 115 Å². The summed E-state index contributed by atoms with van der Waals surface area (Å²) in [6, 6.07) is 10.3. The second-order valence-corrected chi connectivity index (χ2v) is 4.92. The van der Waals surface area contributed by atoms with Gasteiger partial charge in [-0.3, -0.25) is 9.88 Å². The fraction of sp³-hybridized carbons (Fsp3) is 0.312. The Balaban J connectivity index is 2.04. The number of nitrogens with two attached hydrogens (primary N) is 1. The summed E-state index contributed by atoms with van der Waals surface area (Å²) < 4.78 is 0. The van der Waals surface area contributed by atoms with E-state index in [0.717, 1.165) is 25.3 Å². The van der Waals surface area contributed by atoms with Crippen LogP contribution in [0.1, 0.15) is 23.6 Å². The zero-order valence-corrected chi connectivity index (χ0v) is 11.6. The van der Waals surface area contributed by atoms with Crippen LogP contribution in [0.2, 0.25) is 0 Å². The van der Waals surface area contributed by atoms with Crippen molar-refractivity contribution in [1.29, 1.82) is 0 Å². The maximum atomic E-state index is 5.82. The molecule has 19 heavy (non-hydrogen) atoms. The molecule has 1 aromatic heterocycles. The molecule has 100 valence electrons. The van der Waals surface area contributed by atoms with Crippen LogP contribution in [0.4, 0.5) is 5.69 Å². The van der Waals surface area contributed by atoms with E-state index in [1.165, 1.54) is 16.7 Å². The SMILES string of the molecule is CCN(Cc1cncc(C)c1)Cc1cccc(N)c1. The molecule has 3 heteroatoms. The number of hydrogen-bond donors (Lipinski definition) is 1. The van der Waals surface area contributed by atoms with Gasteiger partial charge < -0.3 is 5.73 Å². The molecule has 2 aromatic rings. The highest BCUT2D eigenvalue weighted by atomic mass is 15.1. The summed E-state index contributed by atoms with van der Waals surface area (Å²) in [5.74, 6) is 0. The highest BCUT2D eigenvalue weighted by Gasteiger charge is 2.05. The highest BCUT2D eigenvalue weighted by Crippen LogP contribution is 2.12. The summed E-state index contributed by atoms with van der Waals surface area (Å²) in [4.78, 5) is 6.63. The Morgan fingerprint density at radius 2 is 1.89 bits per heavy atom. The zero-order valence-electron chi connectivity index (χ0n) is 11.6. The number of nitrogen functional groups attached to an aromatic ring is 1. The molecule has 0 aliphatic rings. The molecule has 0 aliphatic carbocycles. The van der Waals surface area contributed by atoms with Crippen molar-refractivity contribution in [2.45, 2.75) is 26.9 Å². The van der Waals surface area contributed by atoms with Gasteiger partial charge in [0.15, 0.2) is 0 Å². The van der Waals surface area contributed by atoms with Crippen molar-refractivity contribution >= 4 is 5.69 Å². The van der Waals surface area contributed by atoms with Gasteiger partial charge in [0.1, 0.15) is 0 Å². The molecule has 0 bridgehead atoms. The third-order valence-electron chi connectivity index (χ3n) is 3.14. The van der Waals surface area contributed by atoms with Crippen molar-refractivity contribution in [2.75, 3.05) is 12.3 Å². The van der Waals surface area contributed by atoms with Crippen molar-refractivity contribution in [3.05, 3.63) is 59.4 Å². The maximum Gasteiger partial charge on any atom is 0.0317 e. The van der Waals surface area contributed by atoms with Gasteiger partial charge in [0, 0.05) is 31.2 Å². The zero-order chi connectivity index (χ0) is 13.7. The van der Waals surface area contributed by atoms with Gasteiger partial charge in [-0.1, -0.05) is 25.1 Å². The first kappa shape index (κ1) is 13.6. The number of benzene rings is 1. The summed E-state index contributed by atoms with van der Waals surface area (Å²) in [5.41, 5.74) is 10.4. The molecule has 2 N–H and O–H groups in total. The molecule has 0 atom stereocenters. The number of hydrogen-bond acceptors (Lipinski definition) is 3. The van der Waals surface area contributed by atoms with Gasteiger partial charge in [-0.25, -0.2) is 0 Å². The fourth-order valence-corrected chi connectivity index (χ4v) is 2.19. The topological polar surface area (TPSA) is 42.2 Å². The van der Waals surface area contributed by atoms with E-state index in [-0.39, 0.29) is 0 Å². The van der Waals surface area contributed by atoms with Crippen molar-refractivity contribution in [1.82, 2.24) is 9.88 Å². The Morgan fingerprint density at radius 1 is 1.11 bits per heavy atom. The molecule has 0 unspecified atom stereocenters. The van der Waals surface area contributed by atoms with Crippen LogP contribution in [0.25, 0.3) is 0 Å². The van der Waals surface area contributed by atoms with Gasteiger partial charge in [-0.2, -0.15) is 0 Å². The van der Waals surface area contributed by atoms with Crippen LogP contribution < -0.4 is 5.73 Å². The van der Waals surface area contributed by atoms with E-state index >= 15 is 0 Å². The lowest BCUT2D eigenvalue weighted by molar-refractivity contribution is 0.271. The third-order valence-corrected chi connectivity index (χ3v) is 3.14. The van der Waals surface area contributed by atoms with Gasteiger partial charge >= 0.3 is 0 Å². The molecule has 0 saturated carbocycles. The quantitative estimate of drug-likeness (QED) is 0.835. The van der Waals surface area contributed by atoms with Crippen molar-refractivity contribution in [3.63, 3.8) is 0 Å². The third kappa shape index (κ3) is 4.07. The molecule has 0 spiro atoms. The number of nitrogens with zero attached hydrogens (tertiary/aromatic N) is 2. The molecule has 1 aromatic carbocycles. The van der Waals surface area contributed by atoms with E-state index < -0.39 is 0 Å². The predicted octanol–water partition coefficient (Wildman–Crippen LogP) is 2.99. The molecular weight excluding hydrogens is 234 g/mol. The molecule has 3 nitrogen and oxygen atoms in total. The van der Waals surface area contributed by atoms with Crippen LogP contribution >= 0.6 is 0 Å². The minimum Gasteiger partial charge on any atom is -0.399 e. The highest BCUT2D eigenvalue weighted by molar-refractivity contribution is 5.40. The molecular formula is C16H21N3. The van der Waals surface area contributed by atoms with E-state index in [9.17, 15) is 0 Å². The first-order valence-electron chi connectivity index (χ1n) is 6.64. The molecule has 0 saturated heterocycles. The van der Waals surface area contributed by atoms with Gasteiger partial charge in [0.2, 0.25) is 0 Å². The minimum atomic E-state index is 0.825. The predicted molar refractivity (Wildman–Crippen MR) is 79.6 cm³/mol. The molecule has 0 fully saturated rings. The lowest BCUT2D eigenvalue weighted by Gasteiger charge is -2.20. The maximum absolute atomic E-state index is 5.82. The van der Waals surface area contributed by atoms with Gasteiger partial charge in [0.05, 0.1) is 0 Å². The Morgan fingerprint density at radius 3 is 2.58 bits per heavy atom. The second kappa shape index (κ2) is 6.34. The van der Waals surface area contributed by atoms with E-state index in [2.05, 4.69) is 35.9 Å². The van der Waals surface area contributed by atoms with Crippen LogP contribution in [0.3, 0.4) is 0 Å². The van der Waals surface area contributed by atoms with Crippen LogP contribution in [-0.2, 0) is 13.1 Å². The first-order valence-corrected chi connectivity index (χ1v) is 6.64. The fourth-order valence-electron chi connectivity index (χ4n) is 2.19. The summed E-state index contributed by atoms with van der Waals surface area (Å²) in [6.07, 6.45) is 3.83. The molecule has 0 amide bonds. The van der Waals surface area contributed by atoms with E-state index in [0.29, 0.717) is 0 Å². The first-order chi connectivity index (χ1) is 9.17. The summed E-state index contributed by atoms with van der Waals surface area (Å²) in [5, 5.41) is 0. The van der Waals surface area contributed by atoms with E-state index in [4.69, 9.17) is 5.73 Å². The number of pyridine rings is 1. The van der Waals surface area contributed by atoms with Crippen LogP contribution in [0.5, 0.6) is 0 Å². The van der Waals surface area contributed by atoms with Crippen LogP contribution in [0, 0.1) is 6.92 Å². The van der Waals surface area contributed by atoms with E-state index in [1.807, 2.05) is 30.6 Å². The average molecular weight is 255 g/mol. The standard InChI is InChI=1S/C16H21N3/c1-3-19(11-14-5-4-6-16(17)8-14)12-15-7-13(2)9-18-10-15/h4-10H,3,11-12,17H2,1-2H3. The number of aryl methyl sites for hydroxylation is 1. The number of aromatic nitrogens is 1. The van der Waals surface area contributed by atoms with Crippen molar-refractivity contribution < 1.29 is 0 Å². The lowest BCUT2D eigenvalue weighted by Crippen LogP contribution is -2.22. The lowest BCUT2D eigenvalue weighted by atomic mass is 10.1. The molecule has 1 heterocycles. The van der Waals surface area contributed by atoms with Gasteiger partial charge in [-0.15, -0.1) is 0 Å². The van der Waals surface area contributed by atoms with Crippen molar-refractivity contribution in [2.24, 2.45) is 0 Å². The molecule has 0 radical (unpaired) electrons. The van der Waals surface area contributed by atoms with Crippen LogP contribution in [-0.4, -0.2) is 16.4 Å². The molecule has 2 rings (SSSR count). The summed E-state index contributed by atoms with van der Waals surface area (Å²) in [7, 11) is 0. The smallest absolute Gasteiger partial charge is 0.0317 e. The largest absolute Gasteiger partial charge is 0.399 e. The summed E-state index contributed by atoms with van der Waals surface area (Å²) >= 11 is 0. The monoisotopic (exact) mass is 255 g/mol. The van der Waals surface area contributed by atoms with Crippen molar-refractivity contribution in [3.8, 4) is 0 Å². The second-order valence-electron chi connectivity index (χ2n) is 4.92. The minimum absolute atomic E-state index is 0.825. The Hall–Kier alpha value is -1.87. The molecule has 0 aliphatic heterocycles. The average Bonchev–Trinajstić information content (AvgIpc) is 2.38. The number of anilines is 1. The Bertz CT molecular complexity index is 490. The van der Waals surface area contributed by atoms with Gasteiger partial charge in [-0.05, 0) is 42.3 Å². The Kier molecular flexibility index (Phi) is 4.53. The number of rotatable bonds is 5. The summed E-state index contributed by atoms with van der Waals surface area (Å²) in [6.45, 7) is 7.08. The van der Waals surface area contributed by atoms with Crippen LogP contribution in [0.15, 0.2) is 42.7 Å².